The molecule has 114 valence electrons. The summed E-state index contributed by atoms with van der Waals surface area (Å²) in [4.78, 5) is 11.8. The average Bonchev–Trinajstić information content (AvgIpc) is 2.85. The maximum Gasteiger partial charge on any atom is 0.162 e. The van der Waals surface area contributed by atoms with Crippen LogP contribution >= 0.6 is 0 Å². The van der Waals surface area contributed by atoms with Crippen molar-refractivity contribution in [2.45, 2.75) is 19.6 Å². The van der Waals surface area contributed by atoms with Crippen LogP contribution in [0.15, 0.2) is 18.3 Å². The number of fused-ring (bicyclic) bond motifs is 1. The normalized spacial score (nSPS) is 12.4. The Hall–Kier alpha value is -2.05. The summed E-state index contributed by atoms with van der Waals surface area (Å²) in [6.07, 6.45) is 0.756. The van der Waals surface area contributed by atoms with Crippen molar-refractivity contribution in [1.29, 1.82) is 0 Å². The van der Waals surface area contributed by atoms with E-state index in [0.29, 0.717) is 28.0 Å². The molecule has 0 aliphatic carbocycles. The van der Waals surface area contributed by atoms with Crippen LogP contribution in [0, 0.1) is 0 Å². The van der Waals surface area contributed by atoms with Gasteiger partial charge in [0.05, 0.1) is 44.4 Å². The van der Waals surface area contributed by atoms with E-state index >= 15 is 0 Å². The lowest BCUT2D eigenvalue weighted by Crippen LogP contribution is -2.19. The highest BCUT2D eigenvalue weighted by atomic mass is 16.5. The van der Waals surface area contributed by atoms with Crippen molar-refractivity contribution in [2.75, 3.05) is 20.8 Å². The highest BCUT2D eigenvalue weighted by Gasteiger charge is 2.19. The van der Waals surface area contributed by atoms with Crippen molar-refractivity contribution < 1.29 is 24.5 Å². The zero-order valence-electron chi connectivity index (χ0n) is 12.3. The van der Waals surface area contributed by atoms with Crippen LogP contribution in [0.2, 0.25) is 0 Å². The molecule has 2 rings (SSSR count). The Bertz CT molecular complexity index is 662. The minimum atomic E-state index is -0.905. The van der Waals surface area contributed by atoms with Crippen molar-refractivity contribution in [3.05, 3.63) is 23.9 Å². The largest absolute Gasteiger partial charge is 0.497 e. The van der Waals surface area contributed by atoms with Gasteiger partial charge in [0, 0.05) is 23.9 Å². The first kappa shape index (κ1) is 15.3. The van der Waals surface area contributed by atoms with Crippen LogP contribution in [0.4, 0.5) is 0 Å². The predicted octanol–water partition coefficient (Wildman–Crippen LogP) is 1.21. The van der Waals surface area contributed by atoms with Gasteiger partial charge >= 0.3 is 0 Å². The summed E-state index contributed by atoms with van der Waals surface area (Å²) in [6, 6.07) is 3.48. The molecule has 2 N–H and O–H groups in total. The van der Waals surface area contributed by atoms with E-state index in [1.54, 1.807) is 30.0 Å². The van der Waals surface area contributed by atoms with Gasteiger partial charge in [0.2, 0.25) is 0 Å². The number of benzene rings is 1. The van der Waals surface area contributed by atoms with Crippen LogP contribution in [-0.4, -0.2) is 47.5 Å². The molecule has 2 aromatic rings. The van der Waals surface area contributed by atoms with Crippen molar-refractivity contribution in [2.24, 2.45) is 0 Å². The molecule has 0 saturated heterocycles. The monoisotopic (exact) mass is 293 g/mol. The van der Waals surface area contributed by atoms with Gasteiger partial charge in [0.1, 0.15) is 11.5 Å². The lowest BCUT2D eigenvalue weighted by Gasteiger charge is -2.11. The summed E-state index contributed by atoms with van der Waals surface area (Å²) in [7, 11) is 3.07. The molecule has 0 aliphatic rings. The standard InChI is InChI=1S/C15H19NO5/c1-9(18)12-7-16(6-10(19)8-17)13-4-11(20-2)5-14(21-3)15(12)13/h4-5,7,10,17,19H,6,8H2,1-3H3. The number of methoxy groups -OCH3 is 2. The van der Waals surface area contributed by atoms with Gasteiger partial charge in [-0.05, 0) is 6.92 Å². The first-order chi connectivity index (χ1) is 10.0. The number of nitrogens with zero attached hydrogens (tertiary/aromatic N) is 1. The van der Waals surface area contributed by atoms with E-state index in [0.717, 1.165) is 0 Å². The van der Waals surface area contributed by atoms with Crippen molar-refractivity contribution >= 4 is 16.7 Å². The molecule has 1 atom stereocenters. The van der Waals surface area contributed by atoms with Gasteiger partial charge in [0.15, 0.2) is 5.78 Å². The Kier molecular flexibility index (Phi) is 4.50. The number of hydrogen-bond donors (Lipinski definition) is 2. The Labute approximate surface area is 122 Å². The minimum absolute atomic E-state index is 0.0966. The van der Waals surface area contributed by atoms with E-state index < -0.39 is 6.10 Å². The number of ketones is 1. The molecule has 6 heteroatoms. The number of rotatable bonds is 6. The van der Waals surface area contributed by atoms with Crippen molar-refractivity contribution in [3.63, 3.8) is 0 Å². The zero-order chi connectivity index (χ0) is 15.6. The molecule has 1 aromatic carbocycles. The molecule has 1 aromatic heterocycles. The van der Waals surface area contributed by atoms with Gasteiger partial charge in [-0.2, -0.15) is 0 Å². The van der Waals surface area contributed by atoms with Crippen LogP contribution in [-0.2, 0) is 6.54 Å². The van der Waals surface area contributed by atoms with Gasteiger partial charge in [0.25, 0.3) is 0 Å². The predicted molar refractivity (Wildman–Crippen MR) is 78.1 cm³/mol. The van der Waals surface area contributed by atoms with E-state index in [9.17, 15) is 9.90 Å². The summed E-state index contributed by atoms with van der Waals surface area (Å²) in [5.41, 5.74) is 1.22. The number of hydrogen-bond acceptors (Lipinski definition) is 5. The molecule has 0 bridgehead atoms. The molecule has 0 fully saturated rings. The fourth-order valence-electron chi connectivity index (χ4n) is 2.34. The fourth-order valence-corrected chi connectivity index (χ4v) is 2.34. The number of Topliss-reactive ketones (excluding diaryl/α,β-unsaturated/α-hetero) is 1. The third kappa shape index (κ3) is 2.86. The first-order valence-corrected chi connectivity index (χ1v) is 6.56. The van der Waals surface area contributed by atoms with Gasteiger partial charge < -0.3 is 24.3 Å². The Morgan fingerprint density at radius 1 is 1.33 bits per heavy atom. The average molecular weight is 293 g/mol. The number of ether oxygens (including phenoxy) is 2. The zero-order valence-corrected chi connectivity index (χ0v) is 12.3. The number of aromatic nitrogens is 1. The summed E-state index contributed by atoms with van der Waals surface area (Å²) >= 11 is 0. The second-order valence-corrected chi connectivity index (χ2v) is 4.81. The molecule has 1 heterocycles. The Balaban J connectivity index is 2.71. The fraction of sp³-hybridized carbons (Fsp3) is 0.400. The summed E-state index contributed by atoms with van der Waals surface area (Å²) in [5.74, 6) is 1.03. The first-order valence-electron chi connectivity index (χ1n) is 6.56. The van der Waals surface area contributed by atoms with E-state index in [1.165, 1.54) is 14.0 Å². The van der Waals surface area contributed by atoms with E-state index in [-0.39, 0.29) is 18.9 Å². The second-order valence-electron chi connectivity index (χ2n) is 4.81. The molecular formula is C15H19NO5. The maximum absolute atomic E-state index is 11.8. The van der Waals surface area contributed by atoms with Crippen LogP contribution < -0.4 is 9.47 Å². The number of aliphatic hydroxyl groups excluding tert-OH is 2. The van der Waals surface area contributed by atoms with Crippen molar-refractivity contribution in [3.8, 4) is 11.5 Å². The van der Waals surface area contributed by atoms with Crippen LogP contribution in [0.3, 0.4) is 0 Å². The van der Waals surface area contributed by atoms with Gasteiger partial charge in [-0.1, -0.05) is 0 Å². The third-order valence-corrected chi connectivity index (χ3v) is 3.37. The molecule has 6 nitrogen and oxygen atoms in total. The Morgan fingerprint density at radius 3 is 2.57 bits per heavy atom. The van der Waals surface area contributed by atoms with Crippen LogP contribution in [0.25, 0.3) is 10.9 Å². The van der Waals surface area contributed by atoms with Gasteiger partial charge in [-0.15, -0.1) is 0 Å². The number of aliphatic hydroxyl groups is 2. The topological polar surface area (TPSA) is 80.9 Å². The summed E-state index contributed by atoms with van der Waals surface area (Å²) < 4.78 is 12.3. The Morgan fingerprint density at radius 2 is 2.05 bits per heavy atom. The highest BCUT2D eigenvalue weighted by Crippen LogP contribution is 2.35. The minimum Gasteiger partial charge on any atom is -0.497 e. The lowest BCUT2D eigenvalue weighted by atomic mass is 10.1. The molecule has 0 amide bonds. The van der Waals surface area contributed by atoms with Crippen LogP contribution in [0.5, 0.6) is 11.5 Å². The molecular weight excluding hydrogens is 274 g/mol. The van der Waals surface area contributed by atoms with E-state index in [1.807, 2.05) is 0 Å². The molecule has 0 aliphatic heterocycles. The van der Waals surface area contributed by atoms with E-state index in [4.69, 9.17) is 14.6 Å². The smallest absolute Gasteiger partial charge is 0.162 e. The van der Waals surface area contributed by atoms with Crippen molar-refractivity contribution in [1.82, 2.24) is 4.57 Å². The summed E-state index contributed by atoms with van der Waals surface area (Å²) in [6.45, 7) is 1.30. The molecule has 0 radical (unpaired) electrons. The lowest BCUT2D eigenvalue weighted by molar-refractivity contribution is 0.0821. The van der Waals surface area contributed by atoms with Gasteiger partial charge in [-0.25, -0.2) is 0 Å². The highest BCUT2D eigenvalue weighted by molar-refractivity contribution is 6.09. The quantitative estimate of drug-likeness (QED) is 0.783. The molecule has 21 heavy (non-hydrogen) atoms. The van der Waals surface area contributed by atoms with Gasteiger partial charge in [-0.3, -0.25) is 4.79 Å². The summed E-state index contributed by atoms with van der Waals surface area (Å²) in [5, 5.41) is 19.3. The maximum atomic E-state index is 11.8. The molecule has 0 spiro atoms. The SMILES string of the molecule is COc1cc(OC)c2c(C(C)=O)cn(CC(O)CO)c2c1. The van der Waals surface area contributed by atoms with Crippen LogP contribution in [0.1, 0.15) is 17.3 Å². The molecule has 1 unspecified atom stereocenters. The van der Waals surface area contributed by atoms with E-state index in [2.05, 4.69) is 0 Å². The number of carbonyl (C=O) groups excluding carboxylic acids is 1. The second kappa shape index (κ2) is 6.15. The number of carbonyl (C=O) groups is 1. The molecule has 0 saturated carbocycles. The third-order valence-electron chi connectivity index (χ3n) is 3.37.